The normalized spacial score (nSPS) is 16.9. The van der Waals surface area contributed by atoms with E-state index in [-0.39, 0.29) is 11.3 Å². The summed E-state index contributed by atoms with van der Waals surface area (Å²) in [6.45, 7) is 0.828. The molecule has 7 nitrogen and oxygen atoms in total. The predicted molar refractivity (Wildman–Crippen MR) is 102 cm³/mol. The summed E-state index contributed by atoms with van der Waals surface area (Å²) in [5.41, 5.74) is 0.865. The second kappa shape index (κ2) is 7.76. The van der Waals surface area contributed by atoms with Gasteiger partial charge in [0.2, 0.25) is 0 Å². The van der Waals surface area contributed by atoms with E-state index < -0.39 is 27.5 Å². The Morgan fingerprint density at radius 3 is 2.43 bits per heavy atom. The molecule has 1 fully saturated rings. The van der Waals surface area contributed by atoms with Crippen molar-refractivity contribution in [3.63, 3.8) is 0 Å². The van der Waals surface area contributed by atoms with Crippen LogP contribution in [0.2, 0.25) is 0 Å². The van der Waals surface area contributed by atoms with E-state index in [1.54, 1.807) is 12.1 Å². The van der Waals surface area contributed by atoms with Crippen molar-refractivity contribution in [3.8, 4) is 0 Å². The third-order valence-corrected chi connectivity index (χ3v) is 5.62. The van der Waals surface area contributed by atoms with Gasteiger partial charge in [0.15, 0.2) is 6.29 Å². The zero-order valence-corrected chi connectivity index (χ0v) is 15.5. The Balaban J connectivity index is 1.93. The van der Waals surface area contributed by atoms with Crippen LogP contribution in [0.15, 0.2) is 60.7 Å². The van der Waals surface area contributed by atoms with Gasteiger partial charge in [0.1, 0.15) is 0 Å². The number of benzene rings is 3. The lowest BCUT2D eigenvalue weighted by molar-refractivity contribution is -0.385. The van der Waals surface area contributed by atoms with Gasteiger partial charge in [-0.2, -0.15) is 0 Å². The van der Waals surface area contributed by atoms with E-state index in [1.807, 2.05) is 30.3 Å². The molecule has 2 atom stereocenters. The van der Waals surface area contributed by atoms with E-state index in [1.165, 1.54) is 18.2 Å². The fourth-order valence-corrected chi connectivity index (χ4v) is 4.31. The van der Waals surface area contributed by atoms with Crippen molar-refractivity contribution in [1.82, 2.24) is 0 Å². The smallest absolute Gasteiger partial charge is 0.274 e. The molecule has 3 aromatic rings. The second-order valence-electron chi connectivity index (χ2n) is 6.36. The first-order valence-corrected chi connectivity index (χ1v) is 9.77. The molecule has 0 bridgehead atoms. The summed E-state index contributed by atoms with van der Waals surface area (Å²) < 4.78 is 35.5. The average Bonchev–Trinajstić information content (AvgIpc) is 3.23. The first-order chi connectivity index (χ1) is 13.6. The monoisotopic (exact) mass is 398 g/mol. The van der Waals surface area contributed by atoms with E-state index in [0.717, 1.165) is 10.8 Å². The largest absolute Gasteiger partial charge is 0.772 e. The number of hydrogen-bond acceptors (Lipinski definition) is 6. The summed E-state index contributed by atoms with van der Waals surface area (Å²) in [6, 6.07) is 17.0. The molecular formula is C20H16NO6S-. The van der Waals surface area contributed by atoms with Crippen molar-refractivity contribution < 1.29 is 23.2 Å². The van der Waals surface area contributed by atoms with Crippen LogP contribution in [0, 0.1) is 10.1 Å². The van der Waals surface area contributed by atoms with E-state index in [0.29, 0.717) is 24.3 Å². The van der Waals surface area contributed by atoms with Gasteiger partial charge >= 0.3 is 0 Å². The van der Waals surface area contributed by atoms with Crippen molar-refractivity contribution in [2.75, 3.05) is 13.2 Å². The van der Waals surface area contributed by atoms with Crippen LogP contribution in [0.25, 0.3) is 10.8 Å². The van der Waals surface area contributed by atoms with Gasteiger partial charge in [0.25, 0.3) is 5.69 Å². The molecule has 0 N–H and O–H groups in total. The molecule has 0 amide bonds. The van der Waals surface area contributed by atoms with Crippen molar-refractivity contribution in [2.45, 2.75) is 11.5 Å². The fraction of sp³-hybridized carbons (Fsp3) is 0.200. The summed E-state index contributed by atoms with van der Waals surface area (Å²) in [5, 5.41) is 12.0. The van der Waals surface area contributed by atoms with E-state index in [4.69, 9.17) is 9.47 Å². The van der Waals surface area contributed by atoms with Gasteiger partial charge in [-0.15, -0.1) is 0 Å². The maximum atomic E-state index is 12.3. The lowest BCUT2D eigenvalue weighted by Crippen LogP contribution is -2.12. The molecule has 0 saturated carbocycles. The minimum atomic E-state index is -2.63. The number of ether oxygens (including phenoxy) is 2. The van der Waals surface area contributed by atoms with Crippen molar-refractivity contribution in [3.05, 3.63) is 87.5 Å². The molecule has 0 aromatic heterocycles. The Morgan fingerprint density at radius 1 is 1.00 bits per heavy atom. The Bertz CT molecular complexity index is 1060. The third kappa shape index (κ3) is 3.43. The van der Waals surface area contributed by atoms with Crippen LogP contribution < -0.4 is 0 Å². The molecule has 1 aliphatic rings. The van der Waals surface area contributed by atoms with Crippen LogP contribution >= 0.6 is 0 Å². The molecule has 1 aliphatic heterocycles. The molecule has 4 rings (SSSR count). The molecule has 8 heteroatoms. The lowest BCUT2D eigenvalue weighted by atomic mass is 9.95. The zero-order valence-electron chi connectivity index (χ0n) is 14.6. The number of rotatable bonds is 5. The fourth-order valence-electron chi connectivity index (χ4n) is 3.50. The maximum Gasteiger partial charge on any atom is 0.274 e. The molecule has 2 unspecified atom stereocenters. The number of fused-ring (bicyclic) bond motifs is 1. The first-order valence-electron chi connectivity index (χ1n) is 8.63. The molecule has 0 spiro atoms. The van der Waals surface area contributed by atoms with Gasteiger partial charge in [0.05, 0.1) is 23.4 Å². The average molecular weight is 398 g/mol. The van der Waals surface area contributed by atoms with Crippen molar-refractivity contribution in [1.29, 1.82) is 0 Å². The highest BCUT2D eigenvalue weighted by atomic mass is 32.2. The molecule has 28 heavy (non-hydrogen) atoms. The number of hydrogen-bond donors (Lipinski definition) is 0. The van der Waals surface area contributed by atoms with Crippen LogP contribution in [0.4, 0.5) is 5.69 Å². The summed E-state index contributed by atoms with van der Waals surface area (Å²) in [4.78, 5) is 11.0. The quantitative estimate of drug-likeness (QED) is 0.368. The minimum absolute atomic E-state index is 0.0892. The summed E-state index contributed by atoms with van der Waals surface area (Å²) >= 11 is -2.63. The molecule has 0 aliphatic carbocycles. The van der Waals surface area contributed by atoms with Crippen molar-refractivity contribution in [2.24, 2.45) is 0 Å². The summed E-state index contributed by atoms with van der Waals surface area (Å²) in [5.74, 6) is 0. The molecule has 3 aromatic carbocycles. The maximum absolute atomic E-state index is 12.3. The predicted octanol–water partition coefficient (Wildman–Crippen LogP) is 3.76. The van der Waals surface area contributed by atoms with E-state index in [9.17, 15) is 18.9 Å². The van der Waals surface area contributed by atoms with Gasteiger partial charge in [-0.05, 0) is 39.5 Å². The highest BCUT2D eigenvalue weighted by Crippen LogP contribution is 2.39. The topological polar surface area (TPSA) is 102 Å². The number of nitrogens with zero attached hydrogens (tertiary/aromatic N) is 1. The van der Waals surface area contributed by atoms with Gasteiger partial charge in [-0.25, -0.2) is 0 Å². The van der Waals surface area contributed by atoms with E-state index >= 15 is 0 Å². The zero-order chi connectivity index (χ0) is 19.7. The summed E-state index contributed by atoms with van der Waals surface area (Å²) in [7, 11) is 0. The molecule has 1 heterocycles. The third-order valence-electron chi connectivity index (χ3n) is 4.72. The Hall–Kier alpha value is -2.65. The Kier molecular flexibility index (Phi) is 5.19. The van der Waals surface area contributed by atoms with Crippen LogP contribution in [-0.4, -0.2) is 26.9 Å². The van der Waals surface area contributed by atoms with Crippen LogP contribution in [0.3, 0.4) is 0 Å². The van der Waals surface area contributed by atoms with Gasteiger partial charge in [0, 0.05) is 17.2 Å². The van der Waals surface area contributed by atoms with Crippen molar-refractivity contribution >= 4 is 27.5 Å². The van der Waals surface area contributed by atoms with E-state index in [2.05, 4.69) is 0 Å². The molecular weight excluding hydrogens is 382 g/mol. The Morgan fingerprint density at radius 2 is 1.71 bits per heavy atom. The van der Waals surface area contributed by atoms with Gasteiger partial charge in [-0.3, -0.25) is 14.3 Å². The first kappa shape index (κ1) is 18.7. The lowest BCUT2D eigenvalue weighted by Gasteiger charge is -2.23. The van der Waals surface area contributed by atoms with Gasteiger partial charge in [-0.1, -0.05) is 42.5 Å². The van der Waals surface area contributed by atoms with Crippen LogP contribution in [0.5, 0.6) is 0 Å². The standard InChI is InChI=1S/C20H17NO6S/c22-21(23)18-9-8-14(20-26-10-11-27-20)12-17(18)19(28(24)25)16-7-3-5-13-4-1-2-6-15(13)16/h1-9,12,19-20H,10-11H2,(H,24,25)/p-1. The van der Waals surface area contributed by atoms with Crippen LogP contribution in [-0.2, 0) is 20.6 Å². The highest BCUT2D eigenvalue weighted by molar-refractivity contribution is 7.79. The molecule has 144 valence electrons. The van der Waals surface area contributed by atoms with Crippen LogP contribution in [0.1, 0.15) is 28.2 Å². The molecule has 1 saturated heterocycles. The molecule has 0 radical (unpaired) electrons. The number of nitro groups is 1. The summed E-state index contributed by atoms with van der Waals surface area (Å²) in [6.07, 6.45) is -0.659. The second-order valence-corrected chi connectivity index (χ2v) is 7.35. The Labute approximate surface area is 163 Å². The minimum Gasteiger partial charge on any atom is -0.772 e. The van der Waals surface area contributed by atoms with Gasteiger partial charge < -0.3 is 14.0 Å². The SMILES string of the molecule is O=[N+]([O-])c1ccc(C2OCCO2)cc1C(c1cccc2ccccc12)S(=O)[O-]. The number of nitro benzene ring substituents is 1. The highest BCUT2D eigenvalue weighted by Gasteiger charge is 2.29.